The topological polar surface area (TPSA) is 64.4 Å². The van der Waals surface area contributed by atoms with Crippen LogP contribution < -0.4 is 10.1 Å². The molecule has 0 spiro atoms. The predicted octanol–water partition coefficient (Wildman–Crippen LogP) is 5.58. The molecule has 5 nitrogen and oxygen atoms in total. The quantitative estimate of drug-likeness (QED) is 0.443. The number of carbonyl (C=O) groups excluding carboxylic acids is 1. The Kier molecular flexibility index (Phi) is 5.12. The zero-order valence-corrected chi connectivity index (χ0v) is 16.7. The minimum atomic E-state index is -0.235. The lowest BCUT2D eigenvalue weighted by Gasteiger charge is -2.09. The number of nitrogens with one attached hydrogen (secondary N) is 1. The highest BCUT2D eigenvalue weighted by atomic mass is 79.9. The standard InChI is InChI=1S/C22H17BrN2O3/c1-14-6-11-20-18(12-14)25-22(28-20)15-7-9-16(10-8-15)24-21(26)13-27-19-5-3-2-4-17(19)23/h2-12H,13H2,1H3,(H,24,26). The van der Waals surface area contributed by atoms with Crippen molar-refractivity contribution in [1.29, 1.82) is 0 Å². The second kappa shape index (κ2) is 7.86. The van der Waals surface area contributed by atoms with E-state index in [1.807, 2.05) is 67.6 Å². The summed E-state index contributed by atoms with van der Waals surface area (Å²) >= 11 is 3.39. The number of rotatable bonds is 5. The van der Waals surface area contributed by atoms with Crippen molar-refractivity contribution < 1.29 is 13.9 Å². The Labute approximate surface area is 170 Å². The van der Waals surface area contributed by atoms with Gasteiger partial charge in [-0.2, -0.15) is 0 Å². The van der Waals surface area contributed by atoms with Crippen LogP contribution in [0.2, 0.25) is 0 Å². The molecule has 0 unspecified atom stereocenters. The summed E-state index contributed by atoms with van der Waals surface area (Å²) in [4.78, 5) is 16.6. The van der Waals surface area contributed by atoms with Crippen LogP contribution in [-0.4, -0.2) is 17.5 Å². The van der Waals surface area contributed by atoms with Crippen LogP contribution in [0.15, 0.2) is 75.6 Å². The van der Waals surface area contributed by atoms with Crippen molar-refractivity contribution in [2.24, 2.45) is 0 Å². The van der Waals surface area contributed by atoms with Gasteiger partial charge >= 0.3 is 0 Å². The van der Waals surface area contributed by atoms with Crippen LogP contribution >= 0.6 is 15.9 Å². The number of aryl methyl sites for hydroxylation is 1. The van der Waals surface area contributed by atoms with E-state index in [2.05, 4.69) is 26.2 Å². The molecule has 1 aromatic heterocycles. The third kappa shape index (κ3) is 4.07. The maximum atomic E-state index is 12.1. The van der Waals surface area contributed by atoms with Crippen molar-refractivity contribution >= 4 is 38.6 Å². The van der Waals surface area contributed by atoms with Crippen molar-refractivity contribution in [2.75, 3.05) is 11.9 Å². The van der Waals surface area contributed by atoms with Gasteiger partial charge in [-0.15, -0.1) is 0 Å². The van der Waals surface area contributed by atoms with E-state index in [0.717, 1.165) is 26.7 Å². The minimum absolute atomic E-state index is 0.0746. The van der Waals surface area contributed by atoms with E-state index in [0.29, 0.717) is 17.3 Å². The maximum absolute atomic E-state index is 12.1. The van der Waals surface area contributed by atoms with Crippen LogP contribution in [0.25, 0.3) is 22.6 Å². The maximum Gasteiger partial charge on any atom is 0.262 e. The molecule has 0 aliphatic carbocycles. The number of hydrogen-bond acceptors (Lipinski definition) is 4. The average Bonchev–Trinajstić information content (AvgIpc) is 3.11. The molecule has 1 amide bonds. The molecular weight excluding hydrogens is 420 g/mol. The van der Waals surface area contributed by atoms with Crippen LogP contribution in [0, 0.1) is 6.92 Å². The Morgan fingerprint density at radius 1 is 1.11 bits per heavy atom. The molecule has 0 atom stereocenters. The number of para-hydroxylation sites is 1. The van der Waals surface area contributed by atoms with E-state index in [-0.39, 0.29) is 12.5 Å². The summed E-state index contributed by atoms with van der Waals surface area (Å²) in [6, 6.07) is 20.6. The highest BCUT2D eigenvalue weighted by Gasteiger charge is 2.10. The van der Waals surface area contributed by atoms with Gasteiger partial charge in [0.15, 0.2) is 12.2 Å². The Hall–Kier alpha value is -3.12. The molecular formula is C22H17BrN2O3. The van der Waals surface area contributed by atoms with E-state index in [4.69, 9.17) is 9.15 Å². The highest BCUT2D eigenvalue weighted by Crippen LogP contribution is 2.26. The number of ether oxygens (including phenoxy) is 1. The Bertz CT molecular complexity index is 1140. The third-order valence-corrected chi connectivity index (χ3v) is 4.81. The molecule has 6 heteroatoms. The summed E-state index contributed by atoms with van der Waals surface area (Å²) in [5, 5.41) is 2.81. The molecule has 0 saturated carbocycles. The Morgan fingerprint density at radius 3 is 2.68 bits per heavy atom. The van der Waals surface area contributed by atoms with Crippen LogP contribution in [-0.2, 0) is 4.79 Å². The van der Waals surface area contributed by atoms with E-state index >= 15 is 0 Å². The van der Waals surface area contributed by atoms with Crippen LogP contribution in [0.4, 0.5) is 5.69 Å². The number of benzene rings is 3. The summed E-state index contributed by atoms with van der Waals surface area (Å²) < 4.78 is 12.1. The number of aromatic nitrogens is 1. The van der Waals surface area contributed by atoms with Gasteiger partial charge in [0, 0.05) is 11.3 Å². The monoisotopic (exact) mass is 436 g/mol. The lowest BCUT2D eigenvalue weighted by molar-refractivity contribution is -0.118. The summed E-state index contributed by atoms with van der Waals surface area (Å²) in [7, 11) is 0. The molecule has 0 aliphatic rings. The first-order valence-electron chi connectivity index (χ1n) is 8.73. The van der Waals surface area contributed by atoms with Crippen molar-refractivity contribution in [1.82, 2.24) is 4.98 Å². The van der Waals surface area contributed by atoms with E-state index < -0.39 is 0 Å². The van der Waals surface area contributed by atoms with Crippen molar-refractivity contribution in [3.05, 3.63) is 76.8 Å². The highest BCUT2D eigenvalue weighted by molar-refractivity contribution is 9.10. The molecule has 0 bridgehead atoms. The lowest BCUT2D eigenvalue weighted by atomic mass is 10.2. The van der Waals surface area contributed by atoms with Gasteiger partial charge in [0.1, 0.15) is 11.3 Å². The number of oxazole rings is 1. The van der Waals surface area contributed by atoms with Crippen molar-refractivity contribution in [2.45, 2.75) is 6.92 Å². The minimum Gasteiger partial charge on any atom is -0.483 e. The number of anilines is 1. The molecule has 0 aliphatic heterocycles. The summed E-state index contributed by atoms with van der Waals surface area (Å²) in [6.07, 6.45) is 0. The molecule has 140 valence electrons. The summed E-state index contributed by atoms with van der Waals surface area (Å²) in [5.74, 6) is 0.941. The largest absolute Gasteiger partial charge is 0.483 e. The van der Waals surface area contributed by atoms with Crippen molar-refractivity contribution in [3.63, 3.8) is 0 Å². The van der Waals surface area contributed by atoms with Gasteiger partial charge < -0.3 is 14.5 Å². The fraction of sp³-hybridized carbons (Fsp3) is 0.0909. The van der Waals surface area contributed by atoms with Crippen LogP contribution in [0.5, 0.6) is 5.75 Å². The molecule has 0 radical (unpaired) electrons. The van der Waals surface area contributed by atoms with Gasteiger partial charge in [0.25, 0.3) is 5.91 Å². The molecule has 4 aromatic rings. The van der Waals surface area contributed by atoms with Gasteiger partial charge in [-0.3, -0.25) is 4.79 Å². The fourth-order valence-electron chi connectivity index (χ4n) is 2.76. The lowest BCUT2D eigenvalue weighted by Crippen LogP contribution is -2.20. The third-order valence-electron chi connectivity index (χ3n) is 4.15. The first-order chi connectivity index (χ1) is 13.6. The second-order valence-electron chi connectivity index (χ2n) is 6.33. The van der Waals surface area contributed by atoms with Crippen LogP contribution in [0.3, 0.4) is 0 Å². The summed E-state index contributed by atoms with van der Waals surface area (Å²) in [6.45, 7) is 1.94. The van der Waals surface area contributed by atoms with E-state index in [1.165, 1.54) is 0 Å². The second-order valence-corrected chi connectivity index (χ2v) is 7.19. The average molecular weight is 437 g/mol. The van der Waals surface area contributed by atoms with Gasteiger partial charge in [-0.25, -0.2) is 4.98 Å². The predicted molar refractivity (Wildman–Crippen MR) is 112 cm³/mol. The molecule has 3 aromatic carbocycles. The molecule has 4 rings (SSSR count). The Morgan fingerprint density at radius 2 is 1.89 bits per heavy atom. The number of carbonyl (C=O) groups is 1. The molecule has 28 heavy (non-hydrogen) atoms. The van der Waals surface area contributed by atoms with Gasteiger partial charge in [-0.05, 0) is 76.9 Å². The first kappa shape index (κ1) is 18.3. The molecule has 1 N–H and O–H groups in total. The molecule has 0 saturated heterocycles. The zero-order valence-electron chi connectivity index (χ0n) is 15.1. The van der Waals surface area contributed by atoms with Gasteiger partial charge in [0.2, 0.25) is 5.89 Å². The van der Waals surface area contributed by atoms with Gasteiger partial charge in [0.05, 0.1) is 4.47 Å². The number of fused-ring (bicyclic) bond motifs is 1. The zero-order chi connectivity index (χ0) is 19.5. The normalized spacial score (nSPS) is 10.8. The van der Waals surface area contributed by atoms with E-state index in [9.17, 15) is 4.79 Å². The number of nitrogens with zero attached hydrogens (tertiary/aromatic N) is 1. The smallest absolute Gasteiger partial charge is 0.262 e. The number of halogens is 1. The van der Waals surface area contributed by atoms with E-state index in [1.54, 1.807) is 6.07 Å². The van der Waals surface area contributed by atoms with Crippen molar-refractivity contribution in [3.8, 4) is 17.2 Å². The fourth-order valence-corrected chi connectivity index (χ4v) is 3.16. The Balaban J connectivity index is 1.41. The SMILES string of the molecule is Cc1ccc2oc(-c3ccc(NC(=O)COc4ccccc4Br)cc3)nc2c1. The van der Waals surface area contributed by atoms with Crippen LogP contribution in [0.1, 0.15) is 5.56 Å². The number of hydrogen-bond donors (Lipinski definition) is 1. The number of amides is 1. The van der Waals surface area contributed by atoms with Gasteiger partial charge in [-0.1, -0.05) is 18.2 Å². The summed E-state index contributed by atoms with van der Waals surface area (Å²) in [5.41, 5.74) is 4.24. The molecule has 0 fully saturated rings. The molecule has 1 heterocycles. The first-order valence-corrected chi connectivity index (χ1v) is 9.52.